The van der Waals surface area contributed by atoms with Gasteiger partial charge in [0.25, 0.3) is 0 Å². The van der Waals surface area contributed by atoms with E-state index < -0.39 is 21.8 Å². The lowest BCUT2D eigenvalue weighted by Crippen LogP contribution is -2.44. The first kappa shape index (κ1) is 12.7. The van der Waals surface area contributed by atoms with Crippen LogP contribution in [0.4, 0.5) is 18.9 Å². The Bertz CT molecular complexity index is 623. The standard InChI is InChI=1S/C11H11F3N2O2S/c12-11(13,14)7-1-4-9-10(5-7)19(17,18)15-6-16(9)8-2-3-8/h1,4-5,8,15H,2-3,6H2. The van der Waals surface area contributed by atoms with Crippen molar-refractivity contribution in [3.8, 4) is 0 Å². The third-order valence-electron chi connectivity index (χ3n) is 3.30. The first-order valence-electron chi connectivity index (χ1n) is 5.76. The number of halogens is 3. The molecule has 1 N–H and O–H groups in total. The Hall–Kier alpha value is -1.28. The van der Waals surface area contributed by atoms with Crippen molar-refractivity contribution >= 4 is 15.7 Å². The van der Waals surface area contributed by atoms with Gasteiger partial charge in [-0.1, -0.05) is 0 Å². The zero-order chi connectivity index (χ0) is 13.8. The van der Waals surface area contributed by atoms with Crippen molar-refractivity contribution in [2.45, 2.75) is 30.0 Å². The van der Waals surface area contributed by atoms with E-state index in [4.69, 9.17) is 0 Å². The average molecular weight is 292 g/mol. The van der Waals surface area contributed by atoms with Gasteiger partial charge < -0.3 is 4.90 Å². The largest absolute Gasteiger partial charge is 0.416 e. The van der Waals surface area contributed by atoms with Gasteiger partial charge in [-0.15, -0.1) is 0 Å². The molecule has 0 atom stereocenters. The minimum atomic E-state index is -4.55. The van der Waals surface area contributed by atoms with E-state index in [0.717, 1.165) is 18.9 Å². The minimum Gasteiger partial charge on any atom is -0.354 e. The third-order valence-corrected chi connectivity index (χ3v) is 4.71. The summed E-state index contributed by atoms with van der Waals surface area (Å²) >= 11 is 0. The molecule has 104 valence electrons. The molecule has 19 heavy (non-hydrogen) atoms. The molecule has 1 fully saturated rings. The number of anilines is 1. The van der Waals surface area contributed by atoms with Crippen molar-refractivity contribution in [3.63, 3.8) is 0 Å². The number of hydrogen-bond donors (Lipinski definition) is 1. The smallest absolute Gasteiger partial charge is 0.354 e. The summed E-state index contributed by atoms with van der Waals surface area (Å²) in [5, 5.41) is 0. The van der Waals surface area contributed by atoms with Crippen molar-refractivity contribution in [3.05, 3.63) is 23.8 Å². The van der Waals surface area contributed by atoms with Crippen molar-refractivity contribution in [1.29, 1.82) is 0 Å². The summed E-state index contributed by atoms with van der Waals surface area (Å²) < 4.78 is 63.9. The zero-order valence-corrected chi connectivity index (χ0v) is 10.6. The van der Waals surface area contributed by atoms with Gasteiger partial charge in [0.2, 0.25) is 10.0 Å². The quantitative estimate of drug-likeness (QED) is 0.860. The summed E-state index contributed by atoms with van der Waals surface area (Å²) in [5.41, 5.74) is -0.594. The van der Waals surface area contributed by atoms with E-state index in [-0.39, 0.29) is 17.6 Å². The van der Waals surface area contributed by atoms with Gasteiger partial charge in [0.1, 0.15) is 4.90 Å². The molecule has 3 rings (SSSR count). The summed E-state index contributed by atoms with van der Waals surface area (Å²) in [4.78, 5) is 1.51. The number of nitrogens with one attached hydrogen (secondary N) is 1. The zero-order valence-electron chi connectivity index (χ0n) is 9.74. The number of rotatable bonds is 1. The Kier molecular flexibility index (Phi) is 2.59. The van der Waals surface area contributed by atoms with Crippen LogP contribution in [0.15, 0.2) is 23.1 Å². The van der Waals surface area contributed by atoms with E-state index in [1.807, 2.05) is 0 Å². The molecule has 1 saturated carbocycles. The second-order valence-corrected chi connectivity index (χ2v) is 6.42. The molecule has 1 heterocycles. The van der Waals surface area contributed by atoms with Crippen LogP contribution in [0.1, 0.15) is 18.4 Å². The van der Waals surface area contributed by atoms with E-state index >= 15 is 0 Å². The number of sulfonamides is 1. The molecule has 0 amide bonds. The molecule has 0 bridgehead atoms. The molecule has 1 aromatic rings. The molecule has 2 aliphatic rings. The molecule has 1 aromatic carbocycles. The SMILES string of the molecule is O=S1(=O)NCN(C2CC2)c2ccc(C(F)(F)F)cc21. The first-order chi connectivity index (χ1) is 8.79. The normalized spacial score (nSPS) is 22.2. The fourth-order valence-corrected chi connectivity index (χ4v) is 3.38. The Labute approximate surface area is 108 Å². The Morgan fingerprint density at radius 3 is 2.53 bits per heavy atom. The lowest BCUT2D eigenvalue weighted by Gasteiger charge is -2.31. The lowest BCUT2D eigenvalue weighted by molar-refractivity contribution is -0.137. The van der Waals surface area contributed by atoms with Crippen molar-refractivity contribution < 1.29 is 21.6 Å². The fraction of sp³-hybridized carbons (Fsp3) is 0.455. The third kappa shape index (κ3) is 2.18. The Morgan fingerprint density at radius 2 is 1.95 bits per heavy atom. The Balaban J connectivity index is 2.14. The number of alkyl halides is 3. The molecular formula is C11H11F3N2O2S. The maximum absolute atomic E-state index is 12.6. The van der Waals surface area contributed by atoms with Crippen LogP contribution in [-0.4, -0.2) is 21.1 Å². The predicted octanol–water partition coefficient (Wildman–Crippen LogP) is 1.92. The maximum Gasteiger partial charge on any atom is 0.416 e. The van der Waals surface area contributed by atoms with Crippen LogP contribution in [0.3, 0.4) is 0 Å². The minimum absolute atomic E-state index is 0.116. The monoisotopic (exact) mass is 292 g/mol. The van der Waals surface area contributed by atoms with Gasteiger partial charge in [0.05, 0.1) is 17.9 Å². The van der Waals surface area contributed by atoms with Crippen LogP contribution in [-0.2, 0) is 16.2 Å². The van der Waals surface area contributed by atoms with E-state index in [9.17, 15) is 21.6 Å². The highest BCUT2D eigenvalue weighted by atomic mass is 32.2. The summed E-state index contributed by atoms with van der Waals surface area (Å²) in [6.07, 6.45) is -2.68. The first-order valence-corrected chi connectivity index (χ1v) is 7.25. The predicted molar refractivity (Wildman–Crippen MR) is 62.1 cm³/mol. The highest BCUT2D eigenvalue weighted by Crippen LogP contribution is 2.40. The summed E-state index contributed by atoms with van der Waals surface area (Å²) in [6, 6.07) is 3.09. The maximum atomic E-state index is 12.6. The fourth-order valence-electron chi connectivity index (χ4n) is 2.17. The van der Waals surface area contributed by atoms with E-state index in [2.05, 4.69) is 4.72 Å². The van der Waals surface area contributed by atoms with E-state index in [1.54, 1.807) is 4.90 Å². The van der Waals surface area contributed by atoms with Crippen LogP contribution >= 0.6 is 0 Å². The molecular weight excluding hydrogens is 281 g/mol. The summed E-state index contributed by atoms with van der Waals surface area (Å²) in [5.74, 6) is 0. The van der Waals surface area contributed by atoms with Crippen molar-refractivity contribution in [1.82, 2.24) is 4.72 Å². The molecule has 0 spiro atoms. The molecule has 8 heteroatoms. The molecule has 1 aliphatic heterocycles. The number of benzene rings is 1. The number of hydrogen-bond acceptors (Lipinski definition) is 3. The van der Waals surface area contributed by atoms with E-state index in [0.29, 0.717) is 11.8 Å². The molecule has 4 nitrogen and oxygen atoms in total. The van der Waals surface area contributed by atoms with Crippen molar-refractivity contribution in [2.24, 2.45) is 0 Å². The molecule has 0 unspecified atom stereocenters. The van der Waals surface area contributed by atoms with E-state index in [1.165, 1.54) is 6.07 Å². The molecule has 0 radical (unpaired) electrons. The van der Waals surface area contributed by atoms with Gasteiger partial charge >= 0.3 is 6.18 Å². The van der Waals surface area contributed by atoms with Gasteiger partial charge in [0.15, 0.2) is 0 Å². The second-order valence-electron chi connectivity index (χ2n) is 4.69. The number of nitrogens with zero attached hydrogens (tertiary/aromatic N) is 1. The Morgan fingerprint density at radius 1 is 1.26 bits per heavy atom. The highest BCUT2D eigenvalue weighted by molar-refractivity contribution is 7.89. The van der Waals surface area contributed by atoms with Gasteiger partial charge in [-0.3, -0.25) is 0 Å². The molecule has 0 aromatic heterocycles. The number of fused-ring (bicyclic) bond motifs is 1. The van der Waals surface area contributed by atoms with Crippen LogP contribution < -0.4 is 9.62 Å². The molecule has 0 saturated heterocycles. The van der Waals surface area contributed by atoms with Crippen LogP contribution in [0.5, 0.6) is 0 Å². The highest BCUT2D eigenvalue weighted by Gasteiger charge is 2.39. The van der Waals surface area contributed by atoms with Gasteiger partial charge in [-0.05, 0) is 31.0 Å². The lowest BCUT2D eigenvalue weighted by atomic mass is 10.2. The van der Waals surface area contributed by atoms with Gasteiger partial charge in [-0.25, -0.2) is 8.42 Å². The summed E-state index contributed by atoms with van der Waals surface area (Å²) in [7, 11) is -3.86. The van der Waals surface area contributed by atoms with Crippen LogP contribution in [0.2, 0.25) is 0 Å². The van der Waals surface area contributed by atoms with Crippen LogP contribution in [0.25, 0.3) is 0 Å². The van der Waals surface area contributed by atoms with Crippen molar-refractivity contribution in [2.75, 3.05) is 11.6 Å². The summed E-state index contributed by atoms with van der Waals surface area (Å²) in [6.45, 7) is 0.116. The second kappa shape index (κ2) is 3.86. The topological polar surface area (TPSA) is 49.4 Å². The average Bonchev–Trinajstić information content (AvgIpc) is 3.11. The van der Waals surface area contributed by atoms with Crippen LogP contribution in [0, 0.1) is 0 Å². The van der Waals surface area contributed by atoms with Gasteiger partial charge in [0, 0.05) is 6.04 Å². The van der Waals surface area contributed by atoms with Gasteiger partial charge in [-0.2, -0.15) is 17.9 Å². The molecule has 1 aliphatic carbocycles.